The lowest BCUT2D eigenvalue weighted by molar-refractivity contribution is 0.343. The van der Waals surface area contributed by atoms with E-state index in [-0.39, 0.29) is 0 Å². The largest absolute Gasteiger partial charge is 0.694 e. The minimum absolute atomic E-state index is 1.01. The molecule has 1 rings (SSSR count). The predicted octanol–water partition coefficient (Wildman–Crippen LogP) is 2.06. The van der Waals surface area contributed by atoms with E-state index in [1.807, 2.05) is 6.66 Å². The van der Waals surface area contributed by atoms with Gasteiger partial charge in [-0.25, -0.2) is 0 Å². The van der Waals surface area contributed by atoms with Gasteiger partial charge in [-0.05, 0) is 19.5 Å². The summed E-state index contributed by atoms with van der Waals surface area (Å²) in [7, 11) is -2.73. The molecule has 0 aromatic rings. The Kier molecular flexibility index (Phi) is 5.94. The van der Waals surface area contributed by atoms with Gasteiger partial charge >= 0.3 is 8.25 Å². The molecule has 1 aliphatic heterocycles. The maximum atomic E-state index is 11.0. The first-order valence-corrected chi connectivity index (χ1v) is 7.39. The summed E-state index contributed by atoms with van der Waals surface area (Å²) in [4.78, 5) is 7.65. The fourth-order valence-electron chi connectivity index (χ4n) is 1.00. The lowest BCUT2D eigenvalue weighted by atomic mass is 10.4. The average molecular weight is 213 g/mol. The van der Waals surface area contributed by atoms with Crippen LogP contribution in [0.4, 0.5) is 0 Å². The van der Waals surface area contributed by atoms with Gasteiger partial charge in [-0.1, -0.05) is 0 Å². The van der Waals surface area contributed by atoms with Gasteiger partial charge in [0.25, 0.3) is 0 Å². The summed E-state index contributed by atoms with van der Waals surface area (Å²) in [6, 6.07) is 0. The molecular weight excluding hydrogens is 198 g/mol. The van der Waals surface area contributed by atoms with E-state index in [0.29, 0.717) is 0 Å². The van der Waals surface area contributed by atoms with Crippen LogP contribution >= 0.6 is 15.4 Å². The fraction of sp³-hybridized carbons (Fsp3) is 1.00. The highest BCUT2D eigenvalue weighted by atomic mass is 31.2. The van der Waals surface area contributed by atoms with E-state index in [0.717, 1.165) is 12.3 Å². The van der Waals surface area contributed by atoms with Crippen LogP contribution in [0.3, 0.4) is 0 Å². The first-order chi connectivity index (χ1) is 5.48. The van der Waals surface area contributed by atoms with Gasteiger partial charge in [-0.2, -0.15) is 0 Å². The SMILES string of the molecule is CO[P+](=O)O.CP1(=O)CCCC1. The molecule has 1 saturated heterocycles. The topological polar surface area (TPSA) is 63.6 Å². The molecule has 72 valence electrons. The van der Waals surface area contributed by atoms with E-state index in [1.165, 1.54) is 20.0 Å². The summed E-state index contributed by atoms with van der Waals surface area (Å²) >= 11 is 0. The molecule has 0 radical (unpaired) electrons. The van der Waals surface area contributed by atoms with Gasteiger partial charge in [0.2, 0.25) is 0 Å². The molecule has 0 aliphatic carbocycles. The zero-order valence-corrected chi connectivity index (χ0v) is 9.18. The maximum absolute atomic E-state index is 11.0. The van der Waals surface area contributed by atoms with Crippen molar-refractivity contribution < 1.29 is 18.5 Å². The van der Waals surface area contributed by atoms with Crippen LogP contribution in [0, 0.1) is 0 Å². The van der Waals surface area contributed by atoms with Crippen molar-refractivity contribution in [3.8, 4) is 0 Å². The van der Waals surface area contributed by atoms with Crippen LogP contribution in [0.2, 0.25) is 0 Å². The molecular formula is C6H15O4P2+. The molecule has 1 aliphatic rings. The Labute approximate surface area is 73.6 Å². The zero-order valence-electron chi connectivity index (χ0n) is 7.39. The summed E-state index contributed by atoms with van der Waals surface area (Å²) in [6.07, 6.45) is 4.42. The van der Waals surface area contributed by atoms with Crippen molar-refractivity contribution in [1.82, 2.24) is 0 Å². The molecule has 12 heavy (non-hydrogen) atoms. The standard InChI is InChI=1S/C5H11OP.CH3O3P/c1-7(6)4-2-3-5-7;1-4-5(2)3/h2-5H2,1H3;1H3/p+1. The lowest BCUT2D eigenvalue weighted by Gasteiger charge is -1.96. The molecule has 1 N–H and O–H groups in total. The van der Waals surface area contributed by atoms with Crippen molar-refractivity contribution >= 4 is 15.4 Å². The second-order valence-corrected chi connectivity index (χ2v) is 7.20. The summed E-state index contributed by atoms with van der Waals surface area (Å²) in [5.74, 6) is 0. The first-order valence-electron chi connectivity index (χ1n) is 3.74. The van der Waals surface area contributed by atoms with E-state index < -0.39 is 15.4 Å². The van der Waals surface area contributed by atoms with Crippen LogP contribution in [0.5, 0.6) is 0 Å². The molecule has 1 unspecified atom stereocenters. The van der Waals surface area contributed by atoms with Gasteiger partial charge in [-0.15, -0.1) is 9.42 Å². The summed E-state index contributed by atoms with van der Waals surface area (Å²) in [5.41, 5.74) is 0. The second-order valence-electron chi connectivity index (χ2n) is 2.87. The highest BCUT2D eigenvalue weighted by Gasteiger charge is 2.19. The Balaban J connectivity index is 0.000000217. The van der Waals surface area contributed by atoms with Crippen LogP contribution in [0.25, 0.3) is 0 Å². The summed E-state index contributed by atoms with van der Waals surface area (Å²) in [5, 5.41) is 0. The van der Waals surface area contributed by atoms with Gasteiger partial charge in [0.05, 0.1) is 14.3 Å². The van der Waals surface area contributed by atoms with E-state index in [2.05, 4.69) is 4.52 Å². The molecule has 0 saturated carbocycles. The molecule has 0 aromatic carbocycles. The Bertz CT molecular complexity index is 182. The smallest absolute Gasteiger partial charge is 0.324 e. The van der Waals surface area contributed by atoms with E-state index >= 15 is 0 Å². The van der Waals surface area contributed by atoms with Gasteiger partial charge in [0.15, 0.2) is 0 Å². The van der Waals surface area contributed by atoms with Gasteiger partial charge < -0.3 is 4.57 Å². The maximum Gasteiger partial charge on any atom is 0.694 e. The van der Waals surface area contributed by atoms with Crippen LogP contribution in [0.1, 0.15) is 12.8 Å². The van der Waals surface area contributed by atoms with Crippen LogP contribution in [0.15, 0.2) is 0 Å². The minimum Gasteiger partial charge on any atom is -0.324 e. The van der Waals surface area contributed by atoms with Crippen LogP contribution < -0.4 is 0 Å². The Morgan fingerprint density at radius 2 is 1.75 bits per heavy atom. The second kappa shape index (κ2) is 5.82. The summed E-state index contributed by atoms with van der Waals surface area (Å²) < 4.78 is 24.1. The third kappa shape index (κ3) is 6.93. The van der Waals surface area contributed by atoms with Gasteiger partial charge in [-0.3, -0.25) is 0 Å². The molecule has 4 nitrogen and oxygen atoms in total. The predicted molar refractivity (Wildman–Crippen MR) is 49.3 cm³/mol. The number of hydrogen-bond donors (Lipinski definition) is 1. The minimum atomic E-state index is -2.35. The van der Waals surface area contributed by atoms with Crippen molar-refractivity contribution in [2.75, 3.05) is 26.1 Å². The molecule has 0 spiro atoms. The molecule has 6 heteroatoms. The van der Waals surface area contributed by atoms with Crippen molar-refractivity contribution in [1.29, 1.82) is 0 Å². The van der Waals surface area contributed by atoms with Crippen LogP contribution in [-0.4, -0.2) is 31.0 Å². The monoisotopic (exact) mass is 213 g/mol. The Morgan fingerprint density at radius 1 is 1.42 bits per heavy atom. The molecule has 0 bridgehead atoms. The molecule has 0 aromatic heterocycles. The fourth-order valence-corrected chi connectivity index (χ4v) is 3.01. The molecule has 1 heterocycles. The highest BCUT2D eigenvalue weighted by Crippen LogP contribution is 2.47. The number of rotatable bonds is 1. The summed E-state index contributed by atoms with van der Waals surface area (Å²) in [6.45, 7) is 1.92. The Hall–Kier alpha value is 0.250. The molecule has 1 atom stereocenters. The highest BCUT2D eigenvalue weighted by molar-refractivity contribution is 7.63. The van der Waals surface area contributed by atoms with Gasteiger partial charge in [0.1, 0.15) is 0 Å². The van der Waals surface area contributed by atoms with Crippen molar-refractivity contribution in [3.63, 3.8) is 0 Å². The average Bonchev–Trinajstić information content (AvgIpc) is 2.35. The van der Waals surface area contributed by atoms with Crippen molar-refractivity contribution in [2.45, 2.75) is 12.8 Å². The van der Waals surface area contributed by atoms with Crippen molar-refractivity contribution in [2.24, 2.45) is 0 Å². The van der Waals surface area contributed by atoms with E-state index in [9.17, 15) is 9.13 Å². The third-order valence-corrected chi connectivity index (χ3v) is 4.51. The molecule has 1 fully saturated rings. The van der Waals surface area contributed by atoms with Crippen molar-refractivity contribution in [3.05, 3.63) is 0 Å². The number of hydrogen-bond acceptors (Lipinski definition) is 3. The van der Waals surface area contributed by atoms with Crippen LogP contribution in [-0.2, 0) is 13.7 Å². The van der Waals surface area contributed by atoms with Gasteiger partial charge in [0, 0.05) is 16.9 Å². The molecule has 0 amide bonds. The first kappa shape index (κ1) is 12.2. The quantitative estimate of drug-likeness (QED) is 0.677. The Morgan fingerprint density at radius 3 is 1.83 bits per heavy atom. The lowest BCUT2D eigenvalue weighted by Crippen LogP contribution is -1.75. The zero-order chi connectivity index (χ0) is 9.61. The van der Waals surface area contributed by atoms with E-state index in [4.69, 9.17) is 4.89 Å². The third-order valence-electron chi connectivity index (χ3n) is 1.67. The normalized spacial score (nSPS) is 21.1. The van der Waals surface area contributed by atoms with E-state index in [1.54, 1.807) is 0 Å².